The van der Waals surface area contributed by atoms with Gasteiger partial charge in [-0.1, -0.05) is 25.4 Å². The van der Waals surface area contributed by atoms with Gasteiger partial charge in [-0.15, -0.1) is 0 Å². The van der Waals surface area contributed by atoms with Crippen LogP contribution in [0.2, 0.25) is 5.02 Å². The molecule has 0 saturated carbocycles. The first-order valence-corrected chi connectivity index (χ1v) is 11.2. The number of nitrogens with one attached hydrogen (secondary N) is 2. The van der Waals surface area contributed by atoms with Gasteiger partial charge in [0.2, 0.25) is 5.91 Å². The number of likely N-dealkylation sites (tertiary alicyclic amines) is 1. The topological polar surface area (TPSA) is 112 Å². The molecule has 32 heavy (non-hydrogen) atoms. The van der Waals surface area contributed by atoms with Crippen LogP contribution < -0.4 is 10.6 Å². The summed E-state index contributed by atoms with van der Waals surface area (Å²) in [7, 11) is 0. The van der Waals surface area contributed by atoms with Crippen molar-refractivity contribution in [2.45, 2.75) is 46.3 Å². The minimum Gasteiger partial charge on any atom is -0.393 e. The normalized spacial score (nSPS) is 21.8. The van der Waals surface area contributed by atoms with Crippen molar-refractivity contribution in [2.24, 2.45) is 11.3 Å². The maximum atomic E-state index is 12.5. The SMILES string of the molecule is CC(=O)N1CC[C@@H](O)[C@@H](CNC(=O)Nc2cc(-c3cnn4c3CC(C)(C)C4)c(Cl)cn2)C1. The Kier molecular flexibility index (Phi) is 6.13. The number of pyridine rings is 1. The number of hydrogen-bond donors (Lipinski definition) is 3. The fourth-order valence-corrected chi connectivity index (χ4v) is 4.68. The molecule has 0 unspecified atom stereocenters. The van der Waals surface area contributed by atoms with Crippen molar-refractivity contribution < 1.29 is 14.7 Å². The second-order valence-electron chi connectivity index (χ2n) is 9.47. The summed E-state index contributed by atoms with van der Waals surface area (Å²) in [6, 6.07) is 1.32. The minimum absolute atomic E-state index is 0.0284. The average Bonchev–Trinajstić information content (AvgIpc) is 3.23. The molecule has 3 amide bonds. The zero-order chi connectivity index (χ0) is 23.0. The molecule has 9 nitrogen and oxygen atoms in total. The molecule has 2 atom stereocenters. The van der Waals surface area contributed by atoms with Crippen molar-refractivity contribution >= 4 is 29.4 Å². The molecule has 2 aliphatic heterocycles. The van der Waals surface area contributed by atoms with Crippen LogP contribution >= 0.6 is 11.6 Å². The van der Waals surface area contributed by atoms with Crippen molar-refractivity contribution in [1.82, 2.24) is 25.0 Å². The maximum absolute atomic E-state index is 12.5. The van der Waals surface area contributed by atoms with Crippen LogP contribution in [-0.2, 0) is 17.8 Å². The number of piperidine rings is 1. The third-order valence-electron chi connectivity index (χ3n) is 6.22. The van der Waals surface area contributed by atoms with Gasteiger partial charge in [0.05, 0.1) is 17.3 Å². The van der Waals surface area contributed by atoms with Crippen LogP contribution in [0.3, 0.4) is 0 Å². The van der Waals surface area contributed by atoms with Gasteiger partial charge in [-0.2, -0.15) is 5.10 Å². The van der Waals surface area contributed by atoms with Gasteiger partial charge >= 0.3 is 6.03 Å². The van der Waals surface area contributed by atoms with Crippen LogP contribution in [0.5, 0.6) is 0 Å². The molecule has 4 rings (SSSR count). The number of carbonyl (C=O) groups excluding carboxylic acids is 2. The second kappa shape index (κ2) is 8.71. The molecular formula is C22H29ClN6O3. The van der Waals surface area contributed by atoms with Gasteiger partial charge < -0.3 is 15.3 Å². The first-order valence-electron chi connectivity index (χ1n) is 10.8. The summed E-state index contributed by atoms with van der Waals surface area (Å²) in [4.78, 5) is 30.0. The zero-order valence-electron chi connectivity index (χ0n) is 18.6. The van der Waals surface area contributed by atoms with E-state index < -0.39 is 12.1 Å². The standard InChI is InChI=1S/C22H29ClN6O3/c1-13(30)28-5-4-19(31)14(11-28)8-25-21(32)27-20-6-15(17(23)10-24-20)16-9-26-29-12-22(2,3)7-18(16)29/h6,9-10,14,19,31H,4-5,7-8,11-12H2,1-3H3,(H2,24,25,27,32)/t14-,19+/m0/s1. The number of aromatic nitrogens is 3. The van der Waals surface area contributed by atoms with Crippen LogP contribution in [0.25, 0.3) is 11.1 Å². The Hall–Kier alpha value is -2.65. The summed E-state index contributed by atoms with van der Waals surface area (Å²) in [5.74, 6) is 0.124. The number of aliphatic hydroxyl groups is 1. The monoisotopic (exact) mass is 460 g/mol. The Morgan fingerprint density at radius 1 is 1.31 bits per heavy atom. The number of halogens is 1. The molecule has 0 aromatic carbocycles. The predicted molar refractivity (Wildman–Crippen MR) is 121 cm³/mol. The number of amides is 3. The highest BCUT2D eigenvalue weighted by Crippen LogP contribution is 2.39. The van der Waals surface area contributed by atoms with Gasteiger partial charge in [-0.25, -0.2) is 9.78 Å². The molecular weight excluding hydrogens is 432 g/mol. The lowest BCUT2D eigenvalue weighted by atomic mass is 9.89. The highest BCUT2D eigenvalue weighted by Gasteiger charge is 2.32. The Morgan fingerprint density at radius 2 is 2.09 bits per heavy atom. The number of aliphatic hydroxyl groups excluding tert-OH is 1. The third-order valence-corrected chi connectivity index (χ3v) is 6.52. The summed E-state index contributed by atoms with van der Waals surface area (Å²) >= 11 is 6.43. The van der Waals surface area contributed by atoms with E-state index in [9.17, 15) is 14.7 Å². The fraction of sp³-hybridized carbons (Fsp3) is 0.545. The number of nitrogens with zero attached hydrogens (tertiary/aromatic N) is 4. The largest absolute Gasteiger partial charge is 0.393 e. The van der Waals surface area contributed by atoms with Gasteiger partial charge in [0, 0.05) is 62.0 Å². The summed E-state index contributed by atoms with van der Waals surface area (Å²) in [5, 5.41) is 20.7. The lowest BCUT2D eigenvalue weighted by molar-refractivity contribution is -0.132. The van der Waals surface area contributed by atoms with Crippen LogP contribution in [0.15, 0.2) is 18.5 Å². The predicted octanol–water partition coefficient (Wildman–Crippen LogP) is 2.53. The maximum Gasteiger partial charge on any atom is 0.320 e. The van der Waals surface area contributed by atoms with Crippen LogP contribution in [0.4, 0.5) is 10.6 Å². The molecule has 2 aliphatic rings. The summed E-state index contributed by atoms with van der Waals surface area (Å²) in [5.41, 5.74) is 2.98. The van der Waals surface area contributed by atoms with Crippen molar-refractivity contribution in [3.8, 4) is 11.1 Å². The van der Waals surface area contributed by atoms with Crippen molar-refractivity contribution in [1.29, 1.82) is 0 Å². The molecule has 4 heterocycles. The molecule has 10 heteroatoms. The second-order valence-corrected chi connectivity index (χ2v) is 9.88. The van der Waals surface area contributed by atoms with Crippen molar-refractivity contribution in [3.63, 3.8) is 0 Å². The highest BCUT2D eigenvalue weighted by atomic mass is 35.5. The minimum atomic E-state index is -0.556. The number of rotatable bonds is 4. The molecule has 2 aromatic heterocycles. The summed E-state index contributed by atoms with van der Waals surface area (Å²) in [6.45, 7) is 7.98. The molecule has 0 spiro atoms. The van der Waals surface area contributed by atoms with E-state index in [-0.39, 0.29) is 23.8 Å². The number of fused-ring (bicyclic) bond motifs is 1. The van der Waals surface area contributed by atoms with Gasteiger partial charge in [-0.05, 0) is 24.3 Å². The molecule has 0 radical (unpaired) electrons. The van der Waals surface area contributed by atoms with Gasteiger partial charge in [0.1, 0.15) is 5.82 Å². The quantitative estimate of drug-likeness (QED) is 0.649. The van der Waals surface area contributed by atoms with Crippen molar-refractivity contribution in [3.05, 3.63) is 29.2 Å². The molecule has 3 N–H and O–H groups in total. The molecule has 172 valence electrons. The lowest BCUT2D eigenvalue weighted by Crippen LogP contribution is -2.49. The molecule has 1 fully saturated rings. The van der Waals surface area contributed by atoms with Crippen LogP contribution in [-0.4, -0.2) is 62.4 Å². The number of hydrogen-bond acceptors (Lipinski definition) is 5. The lowest BCUT2D eigenvalue weighted by Gasteiger charge is -2.35. The number of anilines is 1. The summed E-state index contributed by atoms with van der Waals surface area (Å²) < 4.78 is 2.01. The Bertz CT molecular complexity index is 1040. The van der Waals surface area contributed by atoms with E-state index in [4.69, 9.17) is 11.6 Å². The van der Waals surface area contributed by atoms with E-state index in [0.29, 0.717) is 30.4 Å². The molecule has 1 saturated heterocycles. The first-order chi connectivity index (χ1) is 15.1. The van der Waals surface area contributed by atoms with Gasteiger partial charge in [-0.3, -0.25) is 14.8 Å². The first kappa shape index (κ1) is 22.5. The van der Waals surface area contributed by atoms with Crippen molar-refractivity contribution in [2.75, 3.05) is 25.0 Å². The Labute approximate surface area is 192 Å². The van der Waals surface area contributed by atoms with E-state index in [1.165, 1.54) is 13.1 Å². The number of urea groups is 1. The molecule has 0 bridgehead atoms. The smallest absolute Gasteiger partial charge is 0.320 e. The molecule has 0 aliphatic carbocycles. The third kappa shape index (κ3) is 4.73. The van der Waals surface area contributed by atoms with E-state index in [1.807, 2.05) is 4.68 Å². The molecule has 2 aromatic rings. The fourth-order valence-electron chi connectivity index (χ4n) is 4.48. The van der Waals surface area contributed by atoms with E-state index in [0.717, 1.165) is 29.8 Å². The Morgan fingerprint density at radius 3 is 2.84 bits per heavy atom. The van der Waals surface area contributed by atoms with Gasteiger partial charge in [0.25, 0.3) is 0 Å². The van der Waals surface area contributed by atoms with Crippen LogP contribution in [0.1, 0.15) is 32.9 Å². The van der Waals surface area contributed by atoms with E-state index in [2.05, 4.69) is 34.6 Å². The highest BCUT2D eigenvalue weighted by molar-refractivity contribution is 6.33. The van der Waals surface area contributed by atoms with E-state index >= 15 is 0 Å². The Balaban J connectivity index is 1.42. The van der Waals surface area contributed by atoms with Gasteiger partial charge in [0.15, 0.2) is 0 Å². The zero-order valence-corrected chi connectivity index (χ0v) is 19.3. The van der Waals surface area contributed by atoms with Crippen LogP contribution in [0, 0.1) is 11.3 Å². The summed E-state index contributed by atoms with van der Waals surface area (Å²) in [6.07, 6.45) is 4.17. The van der Waals surface area contributed by atoms with E-state index in [1.54, 1.807) is 17.2 Å². The average molecular weight is 461 g/mol. The number of carbonyl (C=O) groups is 2.